The molecule has 13 aromatic rings. The number of fused-ring (bicyclic) bond motifs is 7. The fourth-order valence-electron chi connectivity index (χ4n) is 12.6. The SMILES string of the molecule is C=C(NC(=NC(=NC)c1ccccc1)c1cc(-n2c3c(c4cc(-c5ccccc5)ccc42)CCC=C3)c2oc3c(-n4c5c(c6cc(-c7ccccc7)ccc64)CCC=C5)ccc4cccc(c5cccc1c25)c43)c1ccccc1. The Bertz CT molecular complexity index is 4740. The third kappa shape index (κ3) is 7.62. The number of hydrogen-bond donors (Lipinski definition) is 1. The van der Waals surface area contributed by atoms with Crippen LogP contribution < -0.4 is 5.32 Å². The summed E-state index contributed by atoms with van der Waals surface area (Å²) in [5.41, 5.74) is 19.0. The summed E-state index contributed by atoms with van der Waals surface area (Å²) in [6.45, 7) is 4.64. The van der Waals surface area contributed by atoms with Crippen LogP contribution in [-0.2, 0) is 12.8 Å². The van der Waals surface area contributed by atoms with E-state index >= 15 is 0 Å². The van der Waals surface area contributed by atoms with E-state index in [1.807, 2.05) is 43.4 Å². The number of benzene rings is 10. The number of aromatic nitrogens is 2. The fraction of sp³-hybridized carbons (Fsp3) is 0.0685. The zero-order chi connectivity index (χ0) is 52.6. The van der Waals surface area contributed by atoms with Crippen molar-refractivity contribution >= 4 is 94.8 Å². The maximum absolute atomic E-state index is 8.09. The topological polar surface area (TPSA) is 59.8 Å². The van der Waals surface area contributed by atoms with Gasteiger partial charge in [0.2, 0.25) is 0 Å². The number of allylic oxidation sites excluding steroid dienone is 2. The Morgan fingerprint density at radius 3 is 1.62 bits per heavy atom. The highest BCUT2D eigenvalue weighted by Gasteiger charge is 2.28. The number of nitrogens with one attached hydrogen (secondary N) is 1. The van der Waals surface area contributed by atoms with Crippen LogP contribution in [0.1, 0.15) is 52.0 Å². The molecule has 0 atom stereocenters. The molecule has 3 heterocycles. The normalized spacial score (nSPS) is 13.5. The van der Waals surface area contributed by atoms with E-state index in [0.717, 1.165) is 114 Å². The lowest BCUT2D eigenvalue weighted by atomic mass is 9.95. The van der Waals surface area contributed by atoms with Gasteiger partial charge in [-0.15, -0.1) is 0 Å². The molecule has 0 aliphatic heterocycles. The zero-order valence-electron chi connectivity index (χ0n) is 43.7. The molecule has 6 nitrogen and oxygen atoms in total. The Hall–Kier alpha value is -10.0. The second kappa shape index (κ2) is 18.9. The summed E-state index contributed by atoms with van der Waals surface area (Å²) >= 11 is 0. The molecule has 0 radical (unpaired) electrons. The van der Waals surface area contributed by atoms with Crippen molar-refractivity contribution in [1.29, 1.82) is 0 Å². The first kappa shape index (κ1) is 46.3. The van der Waals surface area contributed by atoms with Crippen molar-refractivity contribution in [3.63, 3.8) is 0 Å². The van der Waals surface area contributed by atoms with Gasteiger partial charge < -0.3 is 18.9 Å². The number of amidine groups is 2. The summed E-state index contributed by atoms with van der Waals surface area (Å²) in [6.07, 6.45) is 13.1. The van der Waals surface area contributed by atoms with Crippen molar-refractivity contribution in [1.82, 2.24) is 14.5 Å². The molecule has 79 heavy (non-hydrogen) atoms. The molecule has 0 fully saturated rings. The smallest absolute Gasteiger partial charge is 0.160 e. The van der Waals surface area contributed by atoms with Gasteiger partial charge >= 0.3 is 0 Å². The van der Waals surface area contributed by atoms with Crippen molar-refractivity contribution in [3.8, 4) is 33.6 Å². The van der Waals surface area contributed by atoms with Crippen LogP contribution in [0.5, 0.6) is 0 Å². The van der Waals surface area contributed by atoms with Crippen molar-refractivity contribution in [2.24, 2.45) is 9.98 Å². The van der Waals surface area contributed by atoms with Crippen molar-refractivity contribution in [3.05, 3.63) is 270 Å². The minimum absolute atomic E-state index is 0.591. The van der Waals surface area contributed by atoms with Gasteiger partial charge in [-0.05, 0) is 135 Å². The van der Waals surface area contributed by atoms with E-state index in [1.165, 1.54) is 49.8 Å². The number of aliphatic imine (C=N–C) groups is 2. The van der Waals surface area contributed by atoms with Crippen molar-refractivity contribution in [2.45, 2.75) is 25.7 Å². The van der Waals surface area contributed by atoms with Gasteiger partial charge in [-0.3, -0.25) is 4.99 Å². The molecule has 0 unspecified atom stereocenters. The fourth-order valence-corrected chi connectivity index (χ4v) is 12.6. The molecular formula is C73H53N5O. The Balaban J connectivity index is 1.09. The van der Waals surface area contributed by atoms with Crippen LogP contribution in [0.4, 0.5) is 0 Å². The van der Waals surface area contributed by atoms with Crippen LogP contribution in [0, 0.1) is 0 Å². The average molecular weight is 1020 g/mol. The summed E-state index contributed by atoms with van der Waals surface area (Å²) in [5.74, 6) is 1.21. The quantitative estimate of drug-likeness (QED) is 0.122. The zero-order valence-corrected chi connectivity index (χ0v) is 43.7. The molecule has 3 aromatic heterocycles. The van der Waals surface area contributed by atoms with Gasteiger partial charge in [-0.25, -0.2) is 4.99 Å². The van der Waals surface area contributed by atoms with E-state index in [2.05, 4.69) is 221 Å². The second-order valence-electron chi connectivity index (χ2n) is 20.7. The van der Waals surface area contributed by atoms with Gasteiger partial charge in [0.25, 0.3) is 0 Å². The van der Waals surface area contributed by atoms with E-state index in [4.69, 9.17) is 14.4 Å². The number of aryl methyl sites for hydroxylation is 2. The van der Waals surface area contributed by atoms with Gasteiger partial charge in [0.1, 0.15) is 5.84 Å². The minimum atomic E-state index is 0.591. The maximum atomic E-state index is 8.09. The van der Waals surface area contributed by atoms with E-state index in [0.29, 0.717) is 17.4 Å². The summed E-state index contributed by atoms with van der Waals surface area (Å²) in [5, 5.41) is 12.6. The Morgan fingerprint density at radius 1 is 0.481 bits per heavy atom. The molecule has 2 aliphatic rings. The van der Waals surface area contributed by atoms with Gasteiger partial charge in [0.05, 0.1) is 22.4 Å². The lowest BCUT2D eigenvalue weighted by Gasteiger charge is -2.20. The molecule has 6 heteroatoms. The molecule has 376 valence electrons. The number of nitrogens with zero attached hydrogens (tertiary/aromatic N) is 4. The van der Waals surface area contributed by atoms with Crippen molar-refractivity contribution in [2.75, 3.05) is 7.05 Å². The summed E-state index contributed by atoms with van der Waals surface area (Å²) < 4.78 is 13.0. The molecule has 2 aliphatic carbocycles. The highest BCUT2D eigenvalue weighted by Crippen LogP contribution is 2.46. The second-order valence-corrected chi connectivity index (χ2v) is 20.7. The lowest BCUT2D eigenvalue weighted by molar-refractivity contribution is 0.657. The van der Waals surface area contributed by atoms with Crippen LogP contribution in [0.3, 0.4) is 0 Å². The molecule has 0 bridgehead atoms. The van der Waals surface area contributed by atoms with Gasteiger partial charge in [-0.2, -0.15) is 0 Å². The molecule has 15 rings (SSSR count). The maximum Gasteiger partial charge on any atom is 0.160 e. The molecule has 1 N–H and O–H groups in total. The van der Waals surface area contributed by atoms with E-state index in [-0.39, 0.29) is 0 Å². The first-order valence-electron chi connectivity index (χ1n) is 27.3. The molecule has 0 amide bonds. The predicted octanol–water partition coefficient (Wildman–Crippen LogP) is 18.1. The standard InChI is InChI=1S/C73H53N5O/c1-46(47-21-7-3-8-22-47)75-73(76-72(74-2)51-27-13-6-14-28-51)61-45-67(78-63-36-18-16-31-55(63)60-44-53(39-41-65(60)78)49-25-11-5-12-26-49)71-69-57(33-20-34-58(61)69)56-32-19-29-50-37-42-66(70(79-71)68(50)56)77-62-35-17-15-30-54(62)59-43-52(38-40-64(59)77)48-23-9-4-10-24-48/h3-14,17-29,32-45H,1,15-16,30-31H2,2H3,(H,74,75,76). The minimum Gasteiger partial charge on any atom is -0.452 e. The average Bonchev–Trinajstić information content (AvgIpc) is 4.23. The van der Waals surface area contributed by atoms with Crippen LogP contribution in [-0.4, -0.2) is 27.9 Å². The first-order chi connectivity index (χ1) is 39.1. The third-order valence-corrected chi connectivity index (χ3v) is 16.3. The first-order valence-corrected chi connectivity index (χ1v) is 27.3. The molecule has 0 saturated carbocycles. The molecule has 0 spiro atoms. The van der Waals surface area contributed by atoms with Crippen molar-refractivity contribution < 1.29 is 4.42 Å². The van der Waals surface area contributed by atoms with E-state index in [9.17, 15) is 0 Å². The molecular weight excluding hydrogens is 963 g/mol. The highest BCUT2D eigenvalue weighted by atomic mass is 16.3. The Labute approximate surface area is 458 Å². The molecule has 0 saturated heterocycles. The van der Waals surface area contributed by atoms with Crippen LogP contribution in [0.2, 0.25) is 0 Å². The monoisotopic (exact) mass is 1020 g/mol. The van der Waals surface area contributed by atoms with E-state index < -0.39 is 0 Å². The van der Waals surface area contributed by atoms with Crippen LogP contribution in [0.25, 0.3) is 117 Å². The summed E-state index contributed by atoms with van der Waals surface area (Å²) in [4.78, 5) is 10.4. The Morgan fingerprint density at radius 2 is 1.01 bits per heavy atom. The summed E-state index contributed by atoms with van der Waals surface area (Å²) in [6, 6.07) is 76.0. The van der Waals surface area contributed by atoms with E-state index in [1.54, 1.807) is 0 Å². The Kier molecular flexibility index (Phi) is 11.1. The summed E-state index contributed by atoms with van der Waals surface area (Å²) in [7, 11) is 1.81. The number of rotatable bonds is 8. The van der Waals surface area contributed by atoms with Crippen LogP contribution >= 0.6 is 0 Å². The van der Waals surface area contributed by atoms with Crippen LogP contribution in [0.15, 0.2) is 245 Å². The van der Waals surface area contributed by atoms with Gasteiger partial charge in [-0.1, -0.05) is 195 Å². The highest BCUT2D eigenvalue weighted by molar-refractivity contribution is 6.29. The van der Waals surface area contributed by atoms with Gasteiger partial charge in [0.15, 0.2) is 17.0 Å². The lowest BCUT2D eigenvalue weighted by Crippen LogP contribution is -2.25. The third-order valence-electron chi connectivity index (χ3n) is 16.3. The predicted molar refractivity (Wildman–Crippen MR) is 332 cm³/mol. The molecule has 10 aromatic carbocycles. The largest absolute Gasteiger partial charge is 0.452 e. The van der Waals surface area contributed by atoms with Gasteiger partial charge in [0, 0.05) is 56.8 Å². The number of hydrogen-bond acceptors (Lipinski definition) is 2.